The van der Waals surface area contributed by atoms with E-state index in [-0.39, 0.29) is 12.0 Å². The van der Waals surface area contributed by atoms with Crippen molar-refractivity contribution in [2.45, 2.75) is 18.9 Å². The van der Waals surface area contributed by atoms with Crippen molar-refractivity contribution in [2.75, 3.05) is 20.2 Å². The number of aliphatic carboxylic acids is 1. The molecule has 0 amide bonds. The summed E-state index contributed by atoms with van der Waals surface area (Å²) < 4.78 is 5.26. The number of rotatable bonds is 5. The molecule has 138 valence electrons. The van der Waals surface area contributed by atoms with Gasteiger partial charge in [0.05, 0.1) is 29.1 Å². The minimum absolute atomic E-state index is 0.00887. The van der Waals surface area contributed by atoms with Gasteiger partial charge in [0, 0.05) is 0 Å². The molecule has 1 fully saturated rings. The minimum atomic E-state index is -0.708. The van der Waals surface area contributed by atoms with Crippen LogP contribution in [0.2, 0.25) is 10.0 Å². The van der Waals surface area contributed by atoms with Gasteiger partial charge in [0.15, 0.2) is 0 Å². The average Bonchev–Trinajstić information content (AvgIpc) is 2.66. The van der Waals surface area contributed by atoms with E-state index in [4.69, 9.17) is 27.9 Å². The minimum Gasteiger partial charge on any atom is -0.497 e. The van der Waals surface area contributed by atoms with Crippen molar-refractivity contribution in [3.63, 3.8) is 0 Å². The Labute approximate surface area is 163 Å². The third-order valence-electron chi connectivity index (χ3n) is 4.93. The molecule has 0 saturated carbocycles. The summed E-state index contributed by atoms with van der Waals surface area (Å²) in [4.78, 5) is 13.6. The molecule has 1 aliphatic heterocycles. The van der Waals surface area contributed by atoms with Gasteiger partial charge in [-0.1, -0.05) is 41.4 Å². The number of nitrogens with zero attached hydrogens (tertiary/aromatic N) is 1. The zero-order valence-electron chi connectivity index (χ0n) is 14.5. The van der Waals surface area contributed by atoms with Gasteiger partial charge in [-0.2, -0.15) is 0 Å². The van der Waals surface area contributed by atoms with E-state index in [0.29, 0.717) is 36.0 Å². The van der Waals surface area contributed by atoms with E-state index in [1.54, 1.807) is 13.2 Å². The lowest BCUT2D eigenvalue weighted by Crippen LogP contribution is -2.39. The molecule has 1 aliphatic rings. The van der Waals surface area contributed by atoms with Crippen LogP contribution in [-0.4, -0.2) is 36.2 Å². The third-order valence-corrected chi connectivity index (χ3v) is 5.67. The summed E-state index contributed by atoms with van der Waals surface area (Å²) in [7, 11) is 1.64. The van der Waals surface area contributed by atoms with Gasteiger partial charge in [-0.3, -0.25) is 9.69 Å². The third kappa shape index (κ3) is 4.14. The Balaban J connectivity index is 1.93. The number of carboxylic acids is 1. The molecule has 1 saturated heterocycles. The van der Waals surface area contributed by atoms with Gasteiger partial charge < -0.3 is 9.84 Å². The molecule has 1 unspecified atom stereocenters. The normalized spacial score (nSPS) is 17.0. The van der Waals surface area contributed by atoms with Gasteiger partial charge in [0.1, 0.15) is 5.75 Å². The monoisotopic (exact) mass is 393 g/mol. The average molecular weight is 394 g/mol. The molecular weight excluding hydrogens is 373 g/mol. The van der Waals surface area contributed by atoms with Crippen LogP contribution in [-0.2, 0) is 4.79 Å². The fourth-order valence-corrected chi connectivity index (χ4v) is 3.79. The Morgan fingerprint density at radius 1 is 1.08 bits per heavy atom. The van der Waals surface area contributed by atoms with Crippen LogP contribution < -0.4 is 4.74 Å². The first-order valence-electron chi connectivity index (χ1n) is 8.55. The van der Waals surface area contributed by atoms with Crippen molar-refractivity contribution in [2.24, 2.45) is 5.92 Å². The Morgan fingerprint density at radius 2 is 1.69 bits per heavy atom. The van der Waals surface area contributed by atoms with Crippen molar-refractivity contribution in [3.8, 4) is 5.75 Å². The molecule has 0 radical (unpaired) electrons. The maximum atomic E-state index is 11.3. The second-order valence-corrected chi connectivity index (χ2v) is 7.31. The van der Waals surface area contributed by atoms with Gasteiger partial charge in [-0.15, -0.1) is 0 Å². The maximum Gasteiger partial charge on any atom is 0.306 e. The van der Waals surface area contributed by atoms with Crippen molar-refractivity contribution < 1.29 is 14.6 Å². The first-order chi connectivity index (χ1) is 12.5. The van der Waals surface area contributed by atoms with Crippen molar-refractivity contribution >= 4 is 29.2 Å². The van der Waals surface area contributed by atoms with Crippen LogP contribution in [0, 0.1) is 5.92 Å². The quantitative estimate of drug-likeness (QED) is 0.785. The van der Waals surface area contributed by atoms with Gasteiger partial charge in [-0.25, -0.2) is 0 Å². The molecular formula is C20H21Cl2NO3. The summed E-state index contributed by atoms with van der Waals surface area (Å²) in [6, 6.07) is 13.6. The zero-order valence-corrected chi connectivity index (χ0v) is 16.0. The first kappa shape index (κ1) is 19.0. The Hall–Kier alpha value is -1.75. The van der Waals surface area contributed by atoms with Crippen molar-refractivity contribution in [1.29, 1.82) is 0 Å². The lowest BCUT2D eigenvalue weighted by atomic mass is 9.91. The zero-order chi connectivity index (χ0) is 18.7. The Bertz CT molecular complexity index is 771. The van der Waals surface area contributed by atoms with E-state index in [0.717, 1.165) is 16.9 Å². The number of benzene rings is 2. The van der Waals surface area contributed by atoms with Crippen molar-refractivity contribution in [3.05, 3.63) is 63.6 Å². The summed E-state index contributed by atoms with van der Waals surface area (Å²) in [5.41, 5.74) is 2.15. The van der Waals surface area contributed by atoms with Crippen LogP contribution in [0.3, 0.4) is 0 Å². The number of carboxylic acid groups (broad SMARTS) is 1. The lowest BCUT2D eigenvalue weighted by Gasteiger charge is -2.37. The van der Waals surface area contributed by atoms with Gasteiger partial charge >= 0.3 is 5.97 Å². The van der Waals surface area contributed by atoms with E-state index in [9.17, 15) is 9.90 Å². The molecule has 4 nitrogen and oxygen atoms in total. The number of ether oxygens (including phenoxy) is 1. The number of hydrogen-bond donors (Lipinski definition) is 1. The summed E-state index contributed by atoms with van der Waals surface area (Å²) in [6.45, 7) is 1.43. The summed E-state index contributed by atoms with van der Waals surface area (Å²) in [5, 5.41) is 10.3. The smallest absolute Gasteiger partial charge is 0.306 e. The van der Waals surface area contributed by atoms with Gasteiger partial charge in [0.25, 0.3) is 0 Å². The highest BCUT2D eigenvalue weighted by atomic mass is 35.5. The molecule has 0 aromatic heterocycles. The number of hydrogen-bond acceptors (Lipinski definition) is 3. The van der Waals surface area contributed by atoms with Crippen LogP contribution >= 0.6 is 23.2 Å². The van der Waals surface area contributed by atoms with Gasteiger partial charge in [0.2, 0.25) is 0 Å². The van der Waals surface area contributed by atoms with E-state index in [1.165, 1.54) is 0 Å². The molecule has 0 bridgehead atoms. The molecule has 2 aromatic rings. The second kappa shape index (κ2) is 8.30. The van der Waals surface area contributed by atoms with Crippen molar-refractivity contribution in [1.82, 2.24) is 4.90 Å². The molecule has 1 heterocycles. The highest BCUT2D eigenvalue weighted by Crippen LogP contribution is 2.35. The van der Waals surface area contributed by atoms with Crippen LogP contribution in [0.5, 0.6) is 5.75 Å². The van der Waals surface area contributed by atoms with E-state index >= 15 is 0 Å². The van der Waals surface area contributed by atoms with Crippen LogP contribution in [0.1, 0.15) is 30.0 Å². The molecule has 1 atom stereocenters. The van der Waals surface area contributed by atoms with Gasteiger partial charge in [-0.05, 0) is 61.3 Å². The topological polar surface area (TPSA) is 49.8 Å². The number of likely N-dealkylation sites (tertiary alicyclic amines) is 1. The Morgan fingerprint density at radius 3 is 2.23 bits per heavy atom. The highest BCUT2D eigenvalue weighted by molar-refractivity contribution is 6.42. The number of piperidine rings is 1. The summed E-state index contributed by atoms with van der Waals surface area (Å²) >= 11 is 12.3. The summed E-state index contributed by atoms with van der Waals surface area (Å²) in [5.74, 6) is -0.178. The highest BCUT2D eigenvalue weighted by Gasteiger charge is 2.30. The largest absolute Gasteiger partial charge is 0.497 e. The molecule has 26 heavy (non-hydrogen) atoms. The molecule has 0 aliphatic carbocycles. The second-order valence-electron chi connectivity index (χ2n) is 6.50. The van der Waals surface area contributed by atoms with Crippen LogP contribution in [0.15, 0.2) is 42.5 Å². The molecule has 6 heteroatoms. The maximum absolute atomic E-state index is 11.3. The molecule has 0 spiro atoms. The van der Waals surface area contributed by atoms with E-state index in [1.807, 2.05) is 36.4 Å². The Kier molecular flexibility index (Phi) is 6.07. The fraction of sp³-hybridized carbons (Fsp3) is 0.350. The van der Waals surface area contributed by atoms with Crippen LogP contribution in [0.25, 0.3) is 0 Å². The SMILES string of the molecule is COc1ccc(C(c2ccc(Cl)c(Cl)c2)N2CCC(C(=O)O)CC2)cc1. The van der Waals surface area contributed by atoms with Crippen LogP contribution in [0.4, 0.5) is 0 Å². The predicted molar refractivity (Wildman–Crippen MR) is 103 cm³/mol. The van der Waals surface area contributed by atoms with E-state index in [2.05, 4.69) is 4.90 Å². The number of carbonyl (C=O) groups is 1. The number of halogens is 2. The fourth-order valence-electron chi connectivity index (χ4n) is 3.49. The first-order valence-corrected chi connectivity index (χ1v) is 9.31. The van der Waals surface area contributed by atoms with E-state index < -0.39 is 5.97 Å². The summed E-state index contributed by atoms with van der Waals surface area (Å²) in [6.07, 6.45) is 1.28. The molecule has 2 aromatic carbocycles. The lowest BCUT2D eigenvalue weighted by molar-refractivity contribution is -0.143. The predicted octanol–water partition coefficient (Wildman–Crippen LogP) is 4.89. The molecule has 3 rings (SSSR count). The standard InChI is InChI=1S/C20H21Cl2NO3/c1-26-16-5-2-13(3-6-16)19(15-4-7-17(21)18(22)12-15)23-10-8-14(9-11-23)20(24)25/h2-7,12,14,19H,8-11H2,1H3,(H,24,25). The molecule has 1 N–H and O–H groups in total. The number of methoxy groups -OCH3 is 1.